The van der Waals surface area contributed by atoms with Crippen molar-refractivity contribution in [3.8, 4) is 0 Å². The fourth-order valence-electron chi connectivity index (χ4n) is 4.35. The van der Waals surface area contributed by atoms with Crippen molar-refractivity contribution in [1.82, 2.24) is 0 Å². The monoisotopic (exact) mass is 522 g/mol. The molecule has 0 spiro atoms. The van der Waals surface area contributed by atoms with E-state index >= 15 is 0 Å². The molecule has 0 atom stereocenters. The molecule has 0 aliphatic rings. The van der Waals surface area contributed by atoms with Crippen LogP contribution in [0.5, 0.6) is 0 Å². The standard InChI is InChI=1S/C27H39O3P.BrH/c1-30-22-24-31(25-17-11-9-12-18-25,26-19-13-10-14-20-26)23-16-8-6-4-2-3-5-7-15-21-27(28)29;/h9-14,17-20H,2-8,15-16,21-24H2,1H3;1H. The molecule has 5 heteroatoms. The van der Waals surface area contributed by atoms with Crippen molar-refractivity contribution in [3.05, 3.63) is 60.7 Å². The van der Waals surface area contributed by atoms with Crippen molar-refractivity contribution in [1.29, 1.82) is 0 Å². The van der Waals surface area contributed by atoms with E-state index in [0.29, 0.717) is 6.42 Å². The molecule has 0 amide bonds. The minimum Gasteiger partial charge on any atom is -1.00 e. The van der Waals surface area contributed by atoms with E-state index in [1.807, 2.05) is 7.11 Å². The Morgan fingerprint density at radius 3 is 1.59 bits per heavy atom. The third-order valence-corrected chi connectivity index (χ3v) is 10.7. The van der Waals surface area contributed by atoms with E-state index in [-0.39, 0.29) is 17.0 Å². The summed E-state index contributed by atoms with van der Waals surface area (Å²) in [6.07, 6.45) is 13.3. The Morgan fingerprint density at radius 2 is 1.16 bits per heavy atom. The third-order valence-electron chi connectivity index (χ3n) is 6.11. The predicted octanol–water partition coefficient (Wildman–Crippen LogP) is 3.29. The van der Waals surface area contributed by atoms with Crippen LogP contribution in [0.1, 0.15) is 64.2 Å². The minimum absolute atomic E-state index is 0. The lowest BCUT2D eigenvalue weighted by atomic mass is 10.1. The van der Waals surface area contributed by atoms with Gasteiger partial charge in [-0.2, -0.15) is 0 Å². The van der Waals surface area contributed by atoms with Crippen LogP contribution in [-0.4, -0.2) is 37.1 Å². The van der Waals surface area contributed by atoms with Crippen molar-refractivity contribution < 1.29 is 31.6 Å². The second-order valence-corrected chi connectivity index (χ2v) is 12.3. The van der Waals surface area contributed by atoms with Gasteiger partial charge in [0.05, 0.1) is 36.8 Å². The summed E-state index contributed by atoms with van der Waals surface area (Å²) in [7, 11) is 0.339. The van der Waals surface area contributed by atoms with E-state index in [4.69, 9.17) is 9.84 Å². The summed E-state index contributed by atoms with van der Waals surface area (Å²) in [5.41, 5.74) is 0. The van der Waals surface area contributed by atoms with Gasteiger partial charge in [-0.25, -0.2) is 0 Å². The Bertz CT molecular complexity index is 685. The Morgan fingerprint density at radius 1 is 0.719 bits per heavy atom. The maximum absolute atomic E-state index is 10.5. The highest BCUT2D eigenvalue weighted by atomic mass is 79.9. The quantitative estimate of drug-likeness (QED) is 0.256. The number of aliphatic carboxylic acids is 1. The highest BCUT2D eigenvalue weighted by Gasteiger charge is 2.41. The first-order valence-corrected chi connectivity index (χ1v) is 14.0. The first-order valence-electron chi connectivity index (χ1n) is 11.9. The van der Waals surface area contributed by atoms with Gasteiger partial charge in [0.25, 0.3) is 0 Å². The third kappa shape index (κ3) is 10.1. The number of rotatable bonds is 17. The van der Waals surface area contributed by atoms with E-state index in [1.165, 1.54) is 61.7 Å². The summed E-state index contributed by atoms with van der Waals surface area (Å²) in [6, 6.07) is 22.2. The fraction of sp³-hybridized carbons (Fsp3) is 0.519. The molecule has 2 aromatic carbocycles. The first-order chi connectivity index (χ1) is 15.2. The summed E-state index contributed by atoms with van der Waals surface area (Å²) in [5, 5.41) is 11.7. The van der Waals surface area contributed by atoms with Gasteiger partial charge in [-0.15, -0.1) is 0 Å². The molecular weight excluding hydrogens is 483 g/mol. The smallest absolute Gasteiger partial charge is 0.303 e. The zero-order chi connectivity index (χ0) is 22.2. The van der Waals surface area contributed by atoms with Crippen LogP contribution in [0.15, 0.2) is 60.7 Å². The molecule has 2 aromatic rings. The number of carbonyl (C=O) groups is 1. The molecule has 0 saturated carbocycles. The molecule has 0 aliphatic carbocycles. The van der Waals surface area contributed by atoms with Crippen LogP contribution in [0.4, 0.5) is 0 Å². The normalized spacial score (nSPS) is 11.2. The predicted molar refractivity (Wildman–Crippen MR) is 134 cm³/mol. The van der Waals surface area contributed by atoms with Crippen molar-refractivity contribution >= 4 is 23.8 Å². The molecule has 0 fully saturated rings. The maximum atomic E-state index is 10.5. The topological polar surface area (TPSA) is 46.5 Å². The lowest BCUT2D eigenvalue weighted by molar-refractivity contribution is -0.137. The molecule has 0 heterocycles. The molecule has 0 saturated heterocycles. The van der Waals surface area contributed by atoms with Gasteiger partial charge in [0.2, 0.25) is 0 Å². The number of hydrogen-bond donors (Lipinski definition) is 1. The van der Waals surface area contributed by atoms with E-state index in [0.717, 1.165) is 25.6 Å². The molecule has 3 nitrogen and oxygen atoms in total. The second kappa shape index (κ2) is 17.3. The molecular formula is C27H40BrO3P. The van der Waals surface area contributed by atoms with E-state index < -0.39 is 13.2 Å². The molecule has 0 unspecified atom stereocenters. The number of hydrogen-bond acceptors (Lipinski definition) is 2. The van der Waals surface area contributed by atoms with Gasteiger partial charge >= 0.3 is 5.97 Å². The number of ether oxygens (including phenoxy) is 1. The zero-order valence-corrected chi connectivity index (χ0v) is 22.0. The summed E-state index contributed by atoms with van der Waals surface area (Å²) < 4.78 is 5.55. The number of halogens is 1. The van der Waals surface area contributed by atoms with E-state index in [2.05, 4.69) is 60.7 Å². The minimum atomic E-state index is -1.47. The molecule has 0 radical (unpaired) electrons. The molecule has 0 bridgehead atoms. The molecule has 32 heavy (non-hydrogen) atoms. The highest BCUT2D eigenvalue weighted by molar-refractivity contribution is 7.89. The van der Waals surface area contributed by atoms with Crippen LogP contribution < -0.4 is 27.6 Å². The zero-order valence-electron chi connectivity index (χ0n) is 19.6. The van der Waals surface area contributed by atoms with Gasteiger partial charge in [0, 0.05) is 13.5 Å². The van der Waals surface area contributed by atoms with E-state index in [1.54, 1.807) is 0 Å². The van der Waals surface area contributed by atoms with E-state index in [9.17, 15) is 4.79 Å². The average molecular weight is 523 g/mol. The number of carboxylic acids is 1. The van der Waals surface area contributed by atoms with Crippen LogP contribution in [0.25, 0.3) is 0 Å². The number of carboxylic acid groups (broad SMARTS) is 1. The van der Waals surface area contributed by atoms with Crippen LogP contribution in [-0.2, 0) is 9.53 Å². The number of unbranched alkanes of at least 4 members (excludes halogenated alkanes) is 8. The van der Waals surface area contributed by atoms with Crippen LogP contribution >= 0.6 is 7.26 Å². The van der Waals surface area contributed by atoms with Gasteiger partial charge in [0.15, 0.2) is 0 Å². The van der Waals surface area contributed by atoms with Crippen molar-refractivity contribution in [2.24, 2.45) is 0 Å². The Balaban J connectivity index is 0.00000512. The Labute approximate surface area is 206 Å². The summed E-state index contributed by atoms with van der Waals surface area (Å²) in [5.74, 6) is -0.671. The maximum Gasteiger partial charge on any atom is 0.303 e. The Hall–Kier alpha value is -1.22. The van der Waals surface area contributed by atoms with Crippen LogP contribution in [0.3, 0.4) is 0 Å². The average Bonchev–Trinajstić information content (AvgIpc) is 2.80. The van der Waals surface area contributed by atoms with Gasteiger partial charge in [-0.05, 0) is 43.5 Å². The molecule has 0 aromatic heterocycles. The van der Waals surface area contributed by atoms with Gasteiger partial charge in [-0.1, -0.05) is 74.9 Å². The second-order valence-electron chi connectivity index (χ2n) is 8.40. The fourth-order valence-corrected chi connectivity index (χ4v) is 8.64. The lowest BCUT2D eigenvalue weighted by Gasteiger charge is -2.27. The SMILES string of the molecule is COCC[P+](CCCCCCCCCCCC(=O)O)(c1ccccc1)c1ccccc1.[Br-]. The van der Waals surface area contributed by atoms with Crippen molar-refractivity contribution in [2.45, 2.75) is 64.2 Å². The van der Waals surface area contributed by atoms with Gasteiger partial charge in [-0.3, -0.25) is 4.79 Å². The lowest BCUT2D eigenvalue weighted by Crippen LogP contribution is -3.00. The molecule has 0 aliphatic heterocycles. The van der Waals surface area contributed by atoms with Crippen LogP contribution in [0, 0.1) is 0 Å². The summed E-state index contributed by atoms with van der Waals surface area (Å²) in [6.45, 7) is 0.805. The highest BCUT2D eigenvalue weighted by Crippen LogP contribution is 2.56. The molecule has 1 N–H and O–H groups in total. The Kier molecular flexibility index (Phi) is 15.6. The van der Waals surface area contributed by atoms with Crippen molar-refractivity contribution in [2.75, 3.05) is 26.0 Å². The number of methoxy groups -OCH3 is 1. The molecule has 178 valence electrons. The number of benzene rings is 2. The van der Waals surface area contributed by atoms with Crippen molar-refractivity contribution in [3.63, 3.8) is 0 Å². The summed E-state index contributed by atoms with van der Waals surface area (Å²) in [4.78, 5) is 10.5. The molecule has 2 rings (SSSR count). The largest absolute Gasteiger partial charge is 1.00 e. The van der Waals surface area contributed by atoms with Gasteiger partial charge < -0.3 is 26.8 Å². The van der Waals surface area contributed by atoms with Crippen LogP contribution in [0.2, 0.25) is 0 Å². The van der Waals surface area contributed by atoms with Gasteiger partial charge in [0.1, 0.15) is 0 Å². The first kappa shape index (κ1) is 28.8. The summed E-state index contributed by atoms with van der Waals surface area (Å²) >= 11 is 0.